The molecule has 0 spiro atoms. The van der Waals surface area contributed by atoms with Gasteiger partial charge >= 0.3 is 0 Å². The van der Waals surface area contributed by atoms with Crippen molar-refractivity contribution >= 4 is 12.1 Å². The minimum Gasteiger partial charge on any atom is -0.386 e. The lowest BCUT2D eigenvalue weighted by molar-refractivity contribution is -0.123. The Morgan fingerprint density at radius 2 is 2.15 bits per heavy atom. The van der Waals surface area contributed by atoms with E-state index < -0.39 is 12.5 Å². The molecule has 1 amide bonds. The van der Waals surface area contributed by atoms with Gasteiger partial charge in [0.05, 0.1) is 0 Å². The van der Waals surface area contributed by atoms with Gasteiger partial charge in [0.15, 0.2) is 0 Å². The fourth-order valence-electron chi connectivity index (χ4n) is 1.53. The Morgan fingerprint density at radius 1 is 1.46 bits per heavy atom. The van der Waals surface area contributed by atoms with E-state index in [2.05, 4.69) is 10.5 Å². The van der Waals surface area contributed by atoms with Gasteiger partial charge in [-0.1, -0.05) is 19.3 Å². The van der Waals surface area contributed by atoms with E-state index in [4.69, 9.17) is 5.11 Å². The number of carbonyl (C=O) groups is 1. The third-order valence-corrected chi connectivity index (χ3v) is 2.27. The molecule has 2 N–H and O–H groups in total. The van der Waals surface area contributed by atoms with Crippen LogP contribution in [-0.4, -0.2) is 23.8 Å². The summed E-state index contributed by atoms with van der Waals surface area (Å²) < 4.78 is 0. The highest BCUT2D eigenvalue weighted by atomic mass is 16.3. The van der Waals surface area contributed by atoms with Gasteiger partial charge in [0.25, 0.3) is 5.91 Å². The molecule has 4 nitrogen and oxygen atoms in total. The van der Waals surface area contributed by atoms with Crippen LogP contribution in [0, 0.1) is 5.92 Å². The van der Waals surface area contributed by atoms with Crippen LogP contribution < -0.4 is 5.43 Å². The van der Waals surface area contributed by atoms with Gasteiger partial charge in [0, 0.05) is 6.21 Å². The van der Waals surface area contributed by atoms with E-state index in [1.165, 1.54) is 32.1 Å². The zero-order chi connectivity index (χ0) is 9.52. The summed E-state index contributed by atoms with van der Waals surface area (Å²) in [5.74, 6) is 0.0554. The largest absolute Gasteiger partial charge is 0.386 e. The van der Waals surface area contributed by atoms with Crippen molar-refractivity contribution in [2.24, 2.45) is 11.0 Å². The molecule has 74 valence electrons. The smallest absolute Gasteiger partial charge is 0.265 e. The summed E-state index contributed by atoms with van der Waals surface area (Å²) in [5.41, 5.74) is 2.26. The summed E-state index contributed by atoms with van der Waals surface area (Å²) in [6, 6.07) is 0. The average Bonchev–Trinajstić information content (AvgIpc) is 2.19. The number of amides is 1. The molecule has 0 aromatic heterocycles. The zero-order valence-corrected chi connectivity index (χ0v) is 7.70. The molecule has 0 aliphatic heterocycles. The molecule has 0 bridgehead atoms. The minimum absolute atomic E-state index is 0.452. The molecule has 0 radical (unpaired) electrons. The van der Waals surface area contributed by atoms with Crippen LogP contribution >= 0.6 is 0 Å². The van der Waals surface area contributed by atoms with Crippen molar-refractivity contribution in [1.29, 1.82) is 0 Å². The number of hydrazone groups is 1. The summed E-state index contributed by atoms with van der Waals surface area (Å²) in [6.45, 7) is -0.498. The van der Waals surface area contributed by atoms with Crippen molar-refractivity contribution in [3.8, 4) is 0 Å². The van der Waals surface area contributed by atoms with Crippen molar-refractivity contribution in [3.05, 3.63) is 0 Å². The van der Waals surface area contributed by atoms with Crippen LogP contribution in [0.5, 0.6) is 0 Å². The lowest BCUT2D eigenvalue weighted by Crippen LogP contribution is -2.21. The third-order valence-electron chi connectivity index (χ3n) is 2.27. The highest BCUT2D eigenvalue weighted by molar-refractivity contribution is 5.77. The van der Waals surface area contributed by atoms with Gasteiger partial charge in [-0.2, -0.15) is 5.10 Å². The molecular formula is C9H16N2O2. The zero-order valence-electron chi connectivity index (χ0n) is 7.70. The number of carbonyl (C=O) groups excluding carboxylic acids is 1. The molecule has 1 aliphatic rings. The van der Waals surface area contributed by atoms with E-state index in [-0.39, 0.29) is 0 Å². The van der Waals surface area contributed by atoms with Gasteiger partial charge in [-0.15, -0.1) is 0 Å². The summed E-state index contributed by atoms with van der Waals surface area (Å²) >= 11 is 0. The highest BCUT2D eigenvalue weighted by Gasteiger charge is 2.10. The van der Waals surface area contributed by atoms with Crippen LogP contribution in [0.2, 0.25) is 0 Å². The molecule has 0 atom stereocenters. The molecule has 0 heterocycles. The fourth-order valence-corrected chi connectivity index (χ4v) is 1.53. The number of aliphatic hydroxyl groups excluding tert-OH is 1. The van der Waals surface area contributed by atoms with E-state index in [1.807, 2.05) is 0 Å². The quantitative estimate of drug-likeness (QED) is 0.500. The normalized spacial score (nSPS) is 19.2. The first-order chi connectivity index (χ1) is 6.33. The minimum atomic E-state index is -0.498. The maximum Gasteiger partial charge on any atom is 0.265 e. The maximum absolute atomic E-state index is 10.6. The summed E-state index contributed by atoms with van der Waals surface area (Å²) in [5, 5.41) is 12.2. The summed E-state index contributed by atoms with van der Waals surface area (Å²) in [4.78, 5) is 10.6. The SMILES string of the molecule is O=C(CO)N/N=C/C1CCCCC1. The first-order valence-electron chi connectivity index (χ1n) is 4.76. The molecule has 0 aromatic rings. The third kappa shape index (κ3) is 4.03. The lowest BCUT2D eigenvalue weighted by Gasteiger charge is -2.16. The molecule has 0 saturated heterocycles. The van der Waals surface area contributed by atoms with Gasteiger partial charge in [-0.3, -0.25) is 4.79 Å². The molecule has 1 aliphatic carbocycles. The number of rotatable bonds is 3. The number of hydrogen-bond acceptors (Lipinski definition) is 3. The maximum atomic E-state index is 10.6. The number of aliphatic hydroxyl groups is 1. The van der Waals surface area contributed by atoms with E-state index >= 15 is 0 Å². The van der Waals surface area contributed by atoms with Gasteiger partial charge in [0.2, 0.25) is 0 Å². The highest BCUT2D eigenvalue weighted by Crippen LogP contribution is 2.21. The molecular weight excluding hydrogens is 168 g/mol. The second-order valence-electron chi connectivity index (χ2n) is 3.37. The lowest BCUT2D eigenvalue weighted by atomic mass is 9.90. The van der Waals surface area contributed by atoms with Gasteiger partial charge in [0.1, 0.15) is 6.61 Å². The van der Waals surface area contributed by atoms with Crippen molar-refractivity contribution in [2.75, 3.05) is 6.61 Å². The van der Waals surface area contributed by atoms with Gasteiger partial charge in [-0.05, 0) is 18.8 Å². The van der Waals surface area contributed by atoms with Crippen molar-refractivity contribution < 1.29 is 9.90 Å². The van der Waals surface area contributed by atoms with Crippen molar-refractivity contribution in [2.45, 2.75) is 32.1 Å². The Labute approximate surface area is 78.0 Å². The topological polar surface area (TPSA) is 61.7 Å². The predicted octanol–water partition coefficient (Wildman–Crippen LogP) is 0.661. The Kier molecular flexibility index (Phi) is 4.46. The van der Waals surface area contributed by atoms with E-state index in [9.17, 15) is 4.79 Å². The fraction of sp³-hybridized carbons (Fsp3) is 0.778. The Morgan fingerprint density at radius 3 is 2.77 bits per heavy atom. The monoisotopic (exact) mass is 184 g/mol. The van der Waals surface area contributed by atoms with Gasteiger partial charge in [-0.25, -0.2) is 5.43 Å². The molecule has 1 rings (SSSR count). The second-order valence-corrected chi connectivity index (χ2v) is 3.37. The van der Waals surface area contributed by atoms with Gasteiger partial charge < -0.3 is 5.11 Å². The number of nitrogens with one attached hydrogen (secondary N) is 1. The van der Waals surface area contributed by atoms with Crippen molar-refractivity contribution in [1.82, 2.24) is 5.43 Å². The van der Waals surface area contributed by atoms with Crippen LogP contribution in [0.4, 0.5) is 0 Å². The molecule has 1 fully saturated rings. The molecule has 4 heteroatoms. The first-order valence-corrected chi connectivity index (χ1v) is 4.76. The Bertz CT molecular complexity index is 186. The Hall–Kier alpha value is -0.900. The average molecular weight is 184 g/mol. The van der Waals surface area contributed by atoms with E-state index in [1.54, 1.807) is 6.21 Å². The predicted molar refractivity (Wildman–Crippen MR) is 50.3 cm³/mol. The van der Waals surface area contributed by atoms with Crippen LogP contribution in [0.15, 0.2) is 5.10 Å². The molecule has 13 heavy (non-hydrogen) atoms. The Balaban J connectivity index is 2.18. The second kappa shape index (κ2) is 5.70. The number of hydrogen-bond donors (Lipinski definition) is 2. The molecule has 1 saturated carbocycles. The molecule has 0 unspecified atom stereocenters. The summed E-state index contributed by atoms with van der Waals surface area (Å²) in [6.07, 6.45) is 7.94. The van der Waals surface area contributed by atoms with Crippen LogP contribution in [0.1, 0.15) is 32.1 Å². The summed E-state index contributed by atoms with van der Waals surface area (Å²) in [7, 11) is 0. The van der Waals surface area contributed by atoms with Crippen LogP contribution in [0.25, 0.3) is 0 Å². The molecule has 0 aromatic carbocycles. The number of nitrogens with zero attached hydrogens (tertiary/aromatic N) is 1. The van der Waals surface area contributed by atoms with E-state index in [0.29, 0.717) is 5.92 Å². The van der Waals surface area contributed by atoms with Crippen LogP contribution in [-0.2, 0) is 4.79 Å². The van der Waals surface area contributed by atoms with E-state index in [0.717, 1.165) is 0 Å². The first kappa shape index (κ1) is 10.2. The standard InChI is InChI=1S/C9H16N2O2/c12-7-9(13)11-10-6-8-4-2-1-3-5-8/h6,8,12H,1-5,7H2,(H,11,13)/b10-6+. The van der Waals surface area contributed by atoms with Crippen molar-refractivity contribution in [3.63, 3.8) is 0 Å². The van der Waals surface area contributed by atoms with Crippen LogP contribution in [0.3, 0.4) is 0 Å².